The summed E-state index contributed by atoms with van der Waals surface area (Å²) in [7, 11) is 1.63. The maximum absolute atomic E-state index is 11.9. The SMILES string of the molecule is COCCNC(=O)NCC(c1ccccc1)N1CCC(C)CC1. The van der Waals surface area contributed by atoms with Crippen molar-refractivity contribution in [2.75, 3.05) is 39.9 Å². The second-order valence-corrected chi connectivity index (χ2v) is 6.27. The van der Waals surface area contributed by atoms with Gasteiger partial charge in [0.2, 0.25) is 0 Å². The summed E-state index contributed by atoms with van der Waals surface area (Å²) in [6.07, 6.45) is 2.45. The second kappa shape index (κ2) is 9.53. The van der Waals surface area contributed by atoms with Gasteiger partial charge in [-0.15, -0.1) is 0 Å². The van der Waals surface area contributed by atoms with Crippen molar-refractivity contribution in [1.82, 2.24) is 15.5 Å². The molecule has 0 aromatic heterocycles. The van der Waals surface area contributed by atoms with E-state index in [0.717, 1.165) is 19.0 Å². The minimum atomic E-state index is -0.131. The van der Waals surface area contributed by atoms with Crippen molar-refractivity contribution >= 4 is 6.03 Å². The molecule has 1 aromatic carbocycles. The predicted octanol–water partition coefficient (Wildman–Crippen LogP) is 2.41. The number of methoxy groups -OCH3 is 1. The molecule has 0 aliphatic carbocycles. The molecule has 1 heterocycles. The molecule has 1 aliphatic rings. The number of ether oxygens (including phenoxy) is 1. The Labute approximate surface area is 139 Å². The van der Waals surface area contributed by atoms with Gasteiger partial charge in [-0.05, 0) is 37.4 Å². The Kier molecular flexibility index (Phi) is 7.36. The first-order valence-electron chi connectivity index (χ1n) is 8.50. The number of nitrogens with zero attached hydrogens (tertiary/aromatic N) is 1. The van der Waals surface area contributed by atoms with Crippen molar-refractivity contribution in [3.8, 4) is 0 Å². The van der Waals surface area contributed by atoms with Gasteiger partial charge in [0.05, 0.1) is 12.6 Å². The molecule has 23 heavy (non-hydrogen) atoms. The van der Waals surface area contributed by atoms with E-state index in [4.69, 9.17) is 4.74 Å². The first kappa shape index (κ1) is 17.8. The van der Waals surface area contributed by atoms with Crippen LogP contribution < -0.4 is 10.6 Å². The van der Waals surface area contributed by atoms with Crippen LogP contribution >= 0.6 is 0 Å². The summed E-state index contributed by atoms with van der Waals surface area (Å²) >= 11 is 0. The number of amides is 2. The normalized spacial score (nSPS) is 17.7. The average molecular weight is 319 g/mol. The molecular weight excluding hydrogens is 290 g/mol. The molecule has 1 aromatic rings. The fourth-order valence-electron chi connectivity index (χ4n) is 2.99. The van der Waals surface area contributed by atoms with Crippen molar-refractivity contribution in [2.24, 2.45) is 5.92 Å². The van der Waals surface area contributed by atoms with E-state index in [1.54, 1.807) is 7.11 Å². The molecule has 1 fully saturated rings. The summed E-state index contributed by atoms with van der Waals surface area (Å²) in [5, 5.41) is 5.81. The molecule has 2 N–H and O–H groups in total. The Morgan fingerprint density at radius 2 is 1.96 bits per heavy atom. The highest BCUT2D eigenvalue weighted by molar-refractivity contribution is 5.73. The third kappa shape index (κ3) is 5.84. The van der Waals surface area contributed by atoms with E-state index >= 15 is 0 Å². The number of urea groups is 1. The van der Waals surface area contributed by atoms with E-state index in [0.29, 0.717) is 19.7 Å². The van der Waals surface area contributed by atoms with Gasteiger partial charge in [-0.3, -0.25) is 4.90 Å². The van der Waals surface area contributed by atoms with Crippen LogP contribution in [0.2, 0.25) is 0 Å². The van der Waals surface area contributed by atoms with Crippen LogP contribution in [-0.2, 0) is 4.74 Å². The molecule has 0 saturated carbocycles. The van der Waals surface area contributed by atoms with Crippen LogP contribution in [0, 0.1) is 5.92 Å². The van der Waals surface area contributed by atoms with Gasteiger partial charge in [0.25, 0.3) is 0 Å². The number of carbonyl (C=O) groups is 1. The lowest BCUT2D eigenvalue weighted by molar-refractivity contribution is 0.136. The number of hydrogen-bond donors (Lipinski definition) is 2. The molecule has 1 unspecified atom stereocenters. The van der Waals surface area contributed by atoms with Crippen molar-refractivity contribution in [3.63, 3.8) is 0 Å². The average Bonchev–Trinajstić information content (AvgIpc) is 2.58. The monoisotopic (exact) mass is 319 g/mol. The van der Waals surface area contributed by atoms with Gasteiger partial charge in [0.15, 0.2) is 0 Å². The highest BCUT2D eigenvalue weighted by atomic mass is 16.5. The van der Waals surface area contributed by atoms with Crippen molar-refractivity contribution in [3.05, 3.63) is 35.9 Å². The van der Waals surface area contributed by atoms with Gasteiger partial charge in [0.1, 0.15) is 0 Å². The summed E-state index contributed by atoms with van der Waals surface area (Å²) in [6.45, 7) is 6.17. The van der Waals surface area contributed by atoms with Crippen LogP contribution in [0.5, 0.6) is 0 Å². The fraction of sp³-hybridized carbons (Fsp3) is 0.611. The number of rotatable bonds is 7. The number of nitrogens with one attached hydrogen (secondary N) is 2. The molecule has 128 valence electrons. The smallest absolute Gasteiger partial charge is 0.314 e. The third-order valence-corrected chi connectivity index (χ3v) is 4.49. The molecule has 1 aliphatic heterocycles. The van der Waals surface area contributed by atoms with Crippen molar-refractivity contribution in [2.45, 2.75) is 25.8 Å². The standard InChI is InChI=1S/C18H29N3O2/c1-15-8-11-21(12-9-15)17(16-6-4-3-5-7-16)14-20-18(22)19-10-13-23-2/h3-7,15,17H,8-14H2,1-2H3,(H2,19,20,22). The zero-order chi connectivity index (χ0) is 16.5. The highest BCUT2D eigenvalue weighted by Crippen LogP contribution is 2.26. The summed E-state index contributed by atoms with van der Waals surface area (Å²) in [6, 6.07) is 10.6. The van der Waals surface area contributed by atoms with Crippen LogP contribution in [0.25, 0.3) is 0 Å². The summed E-state index contributed by atoms with van der Waals surface area (Å²) < 4.78 is 4.94. The highest BCUT2D eigenvalue weighted by Gasteiger charge is 2.24. The zero-order valence-corrected chi connectivity index (χ0v) is 14.3. The van der Waals surface area contributed by atoms with Crippen LogP contribution in [0.1, 0.15) is 31.4 Å². The van der Waals surface area contributed by atoms with Gasteiger partial charge in [-0.25, -0.2) is 4.79 Å². The molecule has 1 atom stereocenters. The lowest BCUT2D eigenvalue weighted by Gasteiger charge is -2.37. The van der Waals surface area contributed by atoms with E-state index in [2.05, 4.69) is 46.7 Å². The number of piperidine rings is 1. The summed E-state index contributed by atoms with van der Waals surface area (Å²) in [5.41, 5.74) is 1.26. The summed E-state index contributed by atoms with van der Waals surface area (Å²) in [4.78, 5) is 14.4. The number of likely N-dealkylation sites (tertiary alicyclic amines) is 1. The molecule has 0 radical (unpaired) electrons. The Bertz CT molecular complexity index is 459. The van der Waals surface area contributed by atoms with Crippen LogP contribution in [0.4, 0.5) is 4.79 Å². The third-order valence-electron chi connectivity index (χ3n) is 4.49. The second-order valence-electron chi connectivity index (χ2n) is 6.27. The maximum atomic E-state index is 11.9. The fourth-order valence-corrected chi connectivity index (χ4v) is 2.99. The number of carbonyl (C=O) groups excluding carboxylic acids is 1. The van der Waals surface area contributed by atoms with E-state index in [9.17, 15) is 4.79 Å². The van der Waals surface area contributed by atoms with Crippen LogP contribution in [0.3, 0.4) is 0 Å². The topological polar surface area (TPSA) is 53.6 Å². The van der Waals surface area contributed by atoms with E-state index < -0.39 is 0 Å². The lowest BCUT2D eigenvalue weighted by atomic mass is 9.96. The van der Waals surface area contributed by atoms with E-state index in [1.807, 2.05) is 6.07 Å². The molecule has 5 heteroatoms. The summed E-state index contributed by atoms with van der Waals surface area (Å²) in [5.74, 6) is 0.799. The molecule has 0 spiro atoms. The maximum Gasteiger partial charge on any atom is 0.314 e. The minimum absolute atomic E-state index is 0.131. The van der Waals surface area contributed by atoms with Crippen LogP contribution in [0.15, 0.2) is 30.3 Å². The largest absolute Gasteiger partial charge is 0.383 e. The van der Waals surface area contributed by atoms with Gasteiger partial charge >= 0.3 is 6.03 Å². The van der Waals surface area contributed by atoms with Gasteiger partial charge in [-0.2, -0.15) is 0 Å². The molecule has 1 saturated heterocycles. The van der Waals surface area contributed by atoms with Gasteiger partial charge in [0, 0.05) is 20.2 Å². The Hall–Kier alpha value is -1.59. The van der Waals surface area contributed by atoms with E-state index in [1.165, 1.54) is 18.4 Å². The minimum Gasteiger partial charge on any atom is -0.383 e. The Balaban J connectivity index is 1.93. The molecule has 2 amide bonds. The van der Waals surface area contributed by atoms with Crippen LogP contribution in [-0.4, -0.2) is 50.8 Å². The number of benzene rings is 1. The van der Waals surface area contributed by atoms with Gasteiger partial charge in [-0.1, -0.05) is 37.3 Å². The zero-order valence-electron chi connectivity index (χ0n) is 14.3. The Morgan fingerprint density at radius 3 is 2.61 bits per heavy atom. The lowest BCUT2D eigenvalue weighted by Crippen LogP contribution is -2.44. The first-order chi connectivity index (χ1) is 11.2. The van der Waals surface area contributed by atoms with Crippen molar-refractivity contribution in [1.29, 1.82) is 0 Å². The predicted molar refractivity (Wildman–Crippen MR) is 92.4 cm³/mol. The molecular formula is C18H29N3O2. The molecule has 2 rings (SSSR count). The van der Waals surface area contributed by atoms with E-state index in [-0.39, 0.29) is 12.1 Å². The van der Waals surface area contributed by atoms with Gasteiger partial charge < -0.3 is 15.4 Å². The molecule has 5 nitrogen and oxygen atoms in total. The Morgan fingerprint density at radius 1 is 1.26 bits per heavy atom. The quantitative estimate of drug-likeness (QED) is 0.759. The number of hydrogen-bond acceptors (Lipinski definition) is 3. The first-order valence-corrected chi connectivity index (χ1v) is 8.50. The molecule has 0 bridgehead atoms. The van der Waals surface area contributed by atoms with Crippen molar-refractivity contribution < 1.29 is 9.53 Å².